The van der Waals surface area contributed by atoms with E-state index in [9.17, 15) is 0 Å². The minimum Gasteiger partial charge on any atom is -0.327 e. The lowest BCUT2D eigenvalue weighted by molar-refractivity contribution is 0.959. The monoisotopic (exact) mass is 258 g/mol. The first-order valence-corrected chi connectivity index (χ1v) is 6.74. The summed E-state index contributed by atoms with van der Waals surface area (Å²) in [6.07, 6.45) is 0. The van der Waals surface area contributed by atoms with E-state index in [0.717, 1.165) is 16.9 Å². The molecule has 0 saturated carbocycles. The fourth-order valence-corrected chi connectivity index (χ4v) is 2.77. The van der Waals surface area contributed by atoms with Crippen LogP contribution < -0.4 is 0 Å². The highest BCUT2D eigenvalue weighted by molar-refractivity contribution is 6.05. The molecule has 0 bridgehead atoms. The van der Waals surface area contributed by atoms with Gasteiger partial charge < -0.3 is 4.57 Å². The molecule has 20 heavy (non-hydrogen) atoms. The lowest BCUT2D eigenvalue weighted by Crippen LogP contribution is -1.91. The van der Waals surface area contributed by atoms with Gasteiger partial charge in [-0.2, -0.15) is 0 Å². The molecule has 0 amide bonds. The molecule has 0 fully saturated rings. The molecule has 3 aromatic carbocycles. The Morgan fingerprint density at radius 1 is 0.800 bits per heavy atom. The minimum atomic E-state index is 1.01. The smallest absolute Gasteiger partial charge is 0.140 e. The van der Waals surface area contributed by atoms with E-state index in [1.165, 1.54) is 16.3 Å². The van der Waals surface area contributed by atoms with Crippen LogP contribution in [0, 0.1) is 0 Å². The van der Waals surface area contributed by atoms with E-state index in [-0.39, 0.29) is 0 Å². The SMILES string of the molecule is Cn1c(-c2ccccc2)nc2c3ccccc3ccc21. The van der Waals surface area contributed by atoms with Gasteiger partial charge in [-0.1, -0.05) is 60.7 Å². The van der Waals surface area contributed by atoms with E-state index < -0.39 is 0 Å². The zero-order chi connectivity index (χ0) is 13.5. The van der Waals surface area contributed by atoms with E-state index in [4.69, 9.17) is 4.98 Å². The Bertz CT molecular complexity index is 905. The molecule has 1 aromatic heterocycles. The first-order chi connectivity index (χ1) is 9.84. The molecule has 4 rings (SSSR count). The van der Waals surface area contributed by atoms with E-state index in [0.29, 0.717) is 0 Å². The van der Waals surface area contributed by atoms with Crippen molar-refractivity contribution in [2.75, 3.05) is 0 Å². The van der Waals surface area contributed by atoms with E-state index >= 15 is 0 Å². The minimum absolute atomic E-state index is 1.01. The Kier molecular flexibility index (Phi) is 2.36. The number of aromatic nitrogens is 2. The van der Waals surface area contributed by atoms with Crippen LogP contribution in [0.3, 0.4) is 0 Å². The van der Waals surface area contributed by atoms with Crippen LogP contribution in [0.25, 0.3) is 33.2 Å². The summed E-state index contributed by atoms with van der Waals surface area (Å²) in [5.74, 6) is 1.01. The van der Waals surface area contributed by atoms with Crippen LogP contribution in [-0.2, 0) is 7.05 Å². The Morgan fingerprint density at radius 3 is 2.40 bits per heavy atom. The maximum Gasteiger partial charge on any atom is 0.140 e. The van der Waals surface area contributed by atoms with Crippen LogP contribution in [0.15, 0.2) is 66.7 Å². The Hall–Kier alpha value is -2.61. The summed E-state index contributed by atoms with van der Waals surface area (Å²) in [5, 5.41) is 2.44. The lowest BCUT2D eigenvalue weighted by Gasteiger charge is -2.02. The van der Waals surface area contributed by atoms with Gasteiger partial charge in [0, 0.05) is 18.0 Å². The Balaban J connectivity index is 2.10. The Morgan fingerprint density at radius 2 is 1.55 bits per heavy atom. The second-order valence-corrected chi connectivity index (χ2v) is 5.01. The number of aryl methyl sites for hydroxylation is 1. The molecule has 0 spiro atoms. The zero-order valence-electron chi connectivity index (χ0n) is 11.2. The van der Waals surface area contributed by atoms with Gasteiger partial charge in [-0.3, -0.25) is 0 Å². The van der Waals surface area contributed by atoms with Crippen LogP contribution in [0.2, 0.25) is 0 Å². The van der Waals surface area contributed by atoms with Crippen molar-refractivity contribution >= 4 is 21.8 Å². The number of imidazole rings is 1. The molecule has 4 aromatic rings. The summed E-state index contributed by atoms with van der Waals surface area (Å²) < 4.78 is 2.16. The van der Waals surface area contributed by atoms with Crippen molar-refractivity contribution in [2.24, 2.45) is 7.05 Å². The Labute approximate surface area is 117 Å². The van der Waals surface area contributed by atoms with Crippen LogP contribution in [0.4, 0.5) is 0 Å². The third kappa shape index (κ3) is 1.55. The molecule has 2 heteroatoms. The molecule has 0 N–H and O–H groups in total. The van der Waals surface area contributed by atoms with Crippen molar-refractivity contribution in [3.8, 4) is 11.4 Å². The molecule has 1 heterocycles. The lowest BCUT2D eigenvalue weighted by atomic mass is 10.1. The second kappa shape index (κ2) is 4.20. The van der Waals surface area contributed by atoms with Gasteiger partial charge in [0.1, 0.15) is 5.82 Å². The quantitative estimate of drug-likeness (QED) is 0.495. The molecule has 0 saturated heterocycles. The molecule has 0 radical (unpaired) electrons. The average Bonchev–Trinajstić information content (AvgIpc) is 2.86. The molecule has 96 valence electrons. The highest BCUT2D eigenvalue weighted by Gasteiger charge is 2.11. The largest absolute Gasteiger partial charge is 0.327 e. The molecule has 0 aliphatic heterocycles. The first kappa shape index (κ1) is 11.2. The van der Waals surface area contributed by atoms with Crippen LogP contribution in [0.1, 0.15) is 0 Å². The molecular formula is C18H14N2. The van der Waals surface area contributed by atoms with Gasteiger partial charge >= 0.3 is 0 Å². The van der Waals surface area contributed by atoms with Gasteiger partial charge in [-0.05, 0) is 11.5 Å². The molecule has 0 aliphatic carbocycles. The highest BCUT2D eigenvalue weighted by Crippen LogP contribution is 2.28. The first-order valence-electron chi connectivity index (χ1n) is 6.74. The van der Waals surface area contributed by atoms with Crippen LogP contribution in [0.5, 0.6) is 0 Å². The van der Waals surface area contributed by atoms with Crippen LogP contribution in [-0.4, -0.2) is 9.55 Å². The summed E-state index contributed by atoms with van der Waals surface area (Å²) in [7, 11) is 2.08. The number of fused-ring (bicyclic) bond motifs is 3. The van der Waals surface area contributed by atoms with Gasteiger partial charge in [-0.15, -0.1) is 0 Å². The van der Waals surface area contributed by atoms with Gasteiger partial charge in [0.2, 0.25) is 0 Å². The number of rotatable bonds is 1. The van der Waals surface area contributed by atoms with E-state index in [1.54, 1.807) is 0 Å². The third-order valence-electron chi connectivity index (χ3n) is 3.81. The van der Waals surface area contributed by atoms with Crippen molar-refractivity contribution < 1.29 is 0 Å². The zero-order valence-corrected chi connectivity index (χ0v) is 11.2. The molecule has 0 atom stereocenters. The van der Waals surface area contributed by atoms with E-state index in [1.807, 2.05) is 18.2 Å². The molecular weight excluding hydrogens is 244 g/mol. The van der Waals surface area contributed by atoms with Crippen molar-refractivity contribution in [3.63, 3.8) is 0 Å². The van der Waals surface area contributed by atoms with Crippen molar-refractivity contribution in [1.82, 2.24) is 9.55 Å². The summed E-state index contributed by atoms with van der Waals surface area (Å²) in [6, 6.07) is 23.0. The van der Waals surface area contributed by atoms with Crippen molar-refractivity contribution in [1.29, 1.82) is 0 Å². The van der Waals surface area contributed by atoms with Crippen molar-refractivity contribution in [2.45, 2.75) is 0 Å². The van der Waals surface area contributed by atoms with E-state index in [2.05, 4.69) is 60.1 Å². The number of benzene rings is 3. The third-order valence-corrected chi connectivity index (χ3v) is 3.81. The average molecular weight is 258 g/mol. The van der Waals surface area contributed by atoms with Gasteiger partial charge in [-0.25, -0.2) is 4.98 Å². The fourth-order valence-electron chi connectivity index (χ4n) is 2.77. The summed E-state index contributed by atoms with van der Waals surface area (Å²) in [6.45, 7) is 0. The number of hydrogen-bond donors (Lipinski definition) is 0. The molecule has 2 nitrogen and oxygen atoms in total. The molecule has 0 aliphatic rings. The van der Waals surface area contributed by atoms with Crippen LogP contribution >= 0.6 is 0 Å². The highest BCUT2D eigenvalue weighted by atomic mass is 15.1. The maximum absolute atomic E-state index is 4.87. The predicted molar refractivity (Wildman–Crippen MR) is 83.7 cm³/mol. The van der Waals surface area contributed by atoms with Gasteiger partial charge in [0.05, 0.1) is 11.0 Å². The standard InChI is InChI=1S/C18H14N2/c1-20-16-12-11-13-7-5-6-10-15(13)17(16)19-18(20)14-8-3-2-4-9-14/h2-12H,1H3. The summed E-state index contributed by atoms with van der Waals surface area (Å²) in [5.41, 5.74) is 3.39. The topological polar surface area (TPSA) is 17.8 Å². The normalized spacial score (nSPS) is 11.2. The second-order valence-electron chi connectivity index (χ2n) is 5.01. The van der Waals surface area contributed by atoms with Gasteiger partial charge in [0.25, 0.3) is 0 Å². The maximum atomic E-state index is 4.87. The number of nitrogens with zero attached hydrogens (tertiary/aromatic N) is 2. The summed E-state index contributed by atoms with van der Waals surface area (Å²) in [4.78, 5) is 4.87. The summed E-state index contributed by atoms with van der Waals surface area (Å²) >= 11 is 0. The molecule has 0 unspecified atom stereocenters. The van der Waals surface area contributed by atoms with Crippen molar-refractivity contribution in [3.05, 3.63) is 66.7 Å². The van der Waals surface area contributed by atoms with Gasteiger partial charge in [0.15, 0.2) is 0 Å². The fraction of sp³-hybridized carbons (Fsp3) is 0.0556. The number of hydrogen-bond acceptors (Lipinski definition) is 1. The predicted octanol–water partition coefficient (Wildman–Crippen LogP) is 4.39.